The van der Waals surface area contributed by atoms with E-state index in [-0.39, 0.29) is 17.5 Å². The molecule has 36 heavy (non-hydrogen) atoms. The Morgan fingerprint density at radius 1 is 0.972 bits per heavy atom. The molecule has 0 saturated carbocycles. The Bertz CT molecular complexity index is 1210. The summed E-state index contributed by atoms with van der Waals surface area (Å²) in [6, 6.07) is 16.8. The van der Waals surface area contributed by atoms with Crippen LogP contribution in [0.3, 0.4) is 0 Å². The highest BCUT2D eigenvalue weighted by Crippen LogP contribution is 2.32. The summed E-state index contributed by atoms with van der Waals surface area (Å²) in [5.41, 5.74) is 1.79. The van der Waals surface area contributed by atoms with Crippen LogP contribution in [0.25, 0.3) is 0 Å². The van der Waals surface area contributed by atoms with Crippen molar-refractivity contribution in [1.29, 1.82) is 0 Å². The molecule has 9 nitrogen and oxygen atoms in total. The van der Waals surface area contributed by atoms with Crippen molar-refractivity contribution in [3.05, 3.63) is 77.5 Å². The number of ether oxygens (including phenoxy) is 1. The first kappa shape index (κ1) is 25.9. The second kappa shape index (κ2) is 11.2. The van der Waals surface area contributed by atoms with E-state index in [9.17, 15) is 18.0 Å². The third kappa shape index (κ3) is 5.30. The number of hydrogen-bond donors (Lipinski definition) is 1. The van der Waals surface area contributed by atoms with Crippen molar-refractivity contribution in [3.63, 3.8) is 0 Å². The van der Waals surface area contributed by atoms with Gasteiger partial charge < -0.3 is 10.1 Å². The predicted octanol–water partition coefficient (Wildman–Crippen LogP) is 2.60. The van der Waals surface area contributed by atoms with E-state index in [0.29, 0.717) is 50.5 Å². The molecular formula is C26H32N4O5S. The number of sulfonamides is 1. The molecule has 10 heteroatoms. The lowest BCUT2D eigenvalue weighted by atomic mass is 9.94. The number of amides is 2. The van der Waals surface area contributed by atoms with Crippen LogP contribution < -0.4 is 5.32 Å². The van der Waals surface area contributed by atoms with Gasteiger partial charge in [0.15, 0.2) is 0 Å². The van der Waals surface area contributed by atoms with Crippen molar-refractivity contribution in [3.8, 4) is 0 Å². The first-order valence-electron chi connectivity index (χ1n) is 12.2. The van der Waals surface area contributed by atoms with Crippen LogP contribution in [0.4, 0.5) is 4.79 Å². The number of rotatable bonds is 8. The van der Waals surface area contributed by atoms with Crippen LogP contribution in [-0.2, 0) is 19.6 Å². The molecule has 0 aromatic heterocycles. The van der Waals surface area contributed by atoms with Crippen molar-refractivity contribution >= 4 is 22.0 Å². The van der Waals surface area contributed by atoms with Gasteiger partial charge in [-0.15, -0.1) is 0 Å². The van der Waals surface area contributed by atoms with Crippen LogP contribution in [0.1, 0.15) is 25.5 Å². The van der Waals surface area contributed by atoms with Crippen molar-refractivity contribution < 1.29 is 22.7 Å². The average Bonchev–Trinajstić information content (AvgIpc) is 2.90. The molecule has 1 atom stereocenters. The number of carbonyl (C=O) groups excluding carboxylic acids is 2. The molecule has 1 saturated heterocycles. The summed E-state index contributed by atoms with van der Waals surface area (Å²) >= 11 is 0. The Balaban J connectivity index is 1.61. The monoisotopic (exact) mass is 512 g/mol. The maximum Gasteiger partial charge on any atom is 0.338 e. The largest absolute Gasteiger partial charge is 0.463 e. The SMILES string of the molecule is CCOC(=O)C1=C(CN2CCN(S(=O)(=O)c3ccccc3)CC2)N(CC)C(=O)NC1c1ccccc1. The Labute approximate surface area is 212 Å². The highest BCUT2D eigenvalue weighted by molar-refractivity contribution is 7.89. The van der Waals surface area contributed by atoms with E-state index in [1.54, 1.807) is 42.2 Å². The molecule has 0 aliphatic carbocycles. The Morgan fingerprint density at radius 2 is 1.58 bits per heavy atom. The van der Waals surface area contributed by atoms with Gasteiger partial charge in [0.05, 0.1) is 23.1 Å². The zero-order valence-electron chi connectivity index (χ0n) is 20.6. The first-order valence-corrected chi connectivity index (χ1v) is 13.6. The molecule has 2 aromatic carbocycles. The van der Waals surface area contributed by atoms with Crippen LogP contribution >= 0.6 is 0 Å². The molecule has 1 fully saturated rings. The molecule has 192 valence electrons. The second-order valence-corrected chi connectivity index (χ2v) is 10.5. The van der Waals surface area contributed by atoms with Crippen LogP contribution in [0.2, 0.25) is 0 Å². The van der Waals surface area contributed by atoms with Crippen LogP contribution in [0.5, 0.6) is 0 Å². The van der Waals surface area contributed by atoms with Gasteiger partial charge in [0.2, 0.25) is 10.0 Å². The topological polar surface area (TPSA) is 99.3 Å². The number of carbonyl (C=O) groups is 2. The summed E-state index contributed by atoms with van der Waals surface area (Å²) in [4.78, 5) is 30.2. The molecule has 2 aliphatic heterocycles. The summed E-state index contributed by atoms with van der Waals surface area (Å²) in [5, 5.41) is 2.96. The number of likely N-dealkylation sites (N-methyl/N-ethyl adjacent to an activating group) is 1. The molecule has 0 spiro atoms. The van der Waals surface area contributed by atoms with Gasteiger partial charge in [-0.25, -0.2) is 18.0 Å². The zero-order valence-corrected chi connectivity index (χ0v) is 21.4. The fraction of sp³-hybridized carbons (Fsp3) is 0.385. The molecule has 2 heterocycles. The Kier molecular flexibility index (Phi) is 8.07. The lowest BCUT2D eigenvalue weighted by Gasteiger charge is -2.40. The first-order chi connectivity index (χ1) is 17.4. The molecule has 2 aliphatic rings. The van der Waals surface area contributed by atoms with Crippen molar-refractivity contribution in [2.45, 2.75) is 24.8 Å². The summed E-state index contributed by atoms with van der Waals surface area (Å²) in [6.45, 7) is 6.12. The number of esters is 1. The number of urea groups is 1. The van der Waals surface area contributed by atoms with Gasteiger partial charge >= 0.3 is 12.0 Å². The number of hydrogen-bond acceptors (Lipinski definition) is 6. The Morgan fingerprint density at radius 3 is 2.17 bits per heavy atom. The molecule has 2 amide bonds. The van der Waals surface area contributed by atoms with E-state index >= 15 is 0 Å². The summed E-state index contributed by atoms with van der Waals surface area (Å²) < 4.78 is 32.9. The quantitative estimate of drug-likeness (QED) is 0.546. The van der Waals surface area contributed by atoms with E-state index in [2.05, 4.69) is 10.2 Å². The lowest BCUT2D eigenvalue weighted by Crippen LogP contribution is -2.53. The number of benzene rings is 2. The summed E-state index contributed by atoms with van der Waals surface area (Å²) in [5.74, 6) is -0.468. The fourth-order valence-corrected chi connectivity index (χ4v) is 6.08. The minimum Gasteiger partial charge on any atom is -0.463 e. The van der Waals surface area contributed by atoms with Gasteiger partial charge in [-0.1, -0.05) is 48.5 Å². The molecule has 0 radical (unpaired) electrons. The minimum atomic E-state index is -3.57. The average molecular weight is 513 g/mol. The van der Waals surface area contributed by atoms with Crippen LogP contribution in [0.15, 0.2) is 76.8 Å². The maximum absolute atomic E-state index is 13.2. The van der Waals surface area contributed by atoms with Gasteiger partial charge in [0.25, 0.3) is 0 Å². The third-order valence-electron chi connectivity index (χ3n) is 6.47. The van der Waals surface area contributed by atoms with Gasteiger partial charge in [-0.3, -0.25) is 9.80 Å². The molecule has 4 rings (SSSR count). The predicted molar refractivity (Wildman–Crippen MR) is 135 cm³/mol. The summed E-state index contributed by atoms with van der Waals surface area (Å²) in [7, 11) is -3.57. The summed E-state index contributed by atoms with van der Waals surface area (Å²) in [6.07, 6.45) is 0. The van der Waals surface area contributed by atoms with Crippen LogP contribution in [0, 0.1) is 0 Å². The van der Waals surface area contributed by atoms with Gasteiger partial charge in [0, 0.05) is 45.0 Å². The van der Waals surface area contributed by atoms with Crippen molar-refractivity contribution in [1.82, 2.24) is 19.4 Å². The highest BCUT2D eigenvalue weighted by atomic mass is 32.2. The maximum atomic E-state index is 13.2. The lowest BCUT2D eigenvalue weighted by molar-refractivity contribution is -0.139. The van der Waals surface area contributed by atoms with Gasteiger partial charge in [-0.2, -0.15) is 4.31 Å². The van der Waals surface area contributed by atoms with E-state index in [0.717, 1.165) is 5.56 Å². The zero-order chi connectivity index (χ0) is 25.7. The fourth-order valence-electron chi connectivity index (χ4n) is 4.63. The smallest absolute Gasteiger partial charge is 0.338 e. The number of piperazine rings is 1. The van der Waals surface area contributed by atoms with E-state index < -0.39 is 22.0 Å². The third-order valence-corrected chi connectivity index (χ3v) is 8.38. The molecule has 0 bridgehead atoms. The molecule has 2 aromatic rings. The molecular weight excluding hydrogens is 480 g/mol. The van der Waals surface area contributed by atoms with Crippen molar-refractivity contribution in [2.75, 3.05) is 45.9 Å². The second-order valence-electron chi connectivity index (χ2n) is 8.61. The standard InChI is InChI=1S/C26H32N4O5S/c1-3-30-22(19-28-15-17-29(18-16-28)36(33,34)21-13-9-6-10-14-21)23(25(31)35-4-2)24(27-26(30)32)20-11-7-5-8-12-20/h5-14,24H,3-4,15-19H2,1-2H3,(H,27,32). The van der Waals surface area contributed by atoms with Gasteiger partial charge in [0.1, 0.15) is 0 Å². The van der Waals surface area contributed by atoms with E-state index in [4.69, 9.17) is 4.74 Å². The molecule has 1 N–H and O–H groups in total. The normalized spacial score (nSPS) is 19.8. The minimum absolute atomic E-state index is 0.215. The number of nitrogens with zero attached hydrogens (tertiary/aromatic N) is 3. The van der Waals surface area contributed by atoms with Gasteiger partial charge in [-0.05, 0) is 31.5 Å². The Hall–Kier alpha value is -3.21. The van der Waals surface area contributed by atoms with Crippen molar-refractivity contribution in [2.24, 2.45) is 0 Å². The van der Waals surface area contributed by atoms with E-state index in [1.165, 1.54) is 4.31 Å². The number of nitrogens with one attached hydrogen (secondary N) is 1. The highest BCUT2D eigenvalue weighted by Gasteiger charge is 2.39. The van der Waals surface area contributed by atoms with E-state index in [1.807, 2.05) is 37.3 Å². The van der Waals surface area contributed by atoms with Crippen LogP contribution in [-0.4, -0.2) is 80.4 Å². The molecule has 1 unspecified atom stereocenters.